The predicted molar refractivity (Wildman–Crippen MR) is 117 cm³/mol. The monoisotopic (exact) mass is 433 g/mol. The van der Waals surface area contributed by atoms with Crippen LogP contribution < -0.4 is 0 Å². The van der Waals surface area contributed by atoms with E-state index in [1.165, 1.54) is 11.1 Å². The highest BCUT2D eigenvalue weighted by molar-refractivity contribution is 7.99. The van der Waals surface area contributed by atoms with Gasteiger partial charge in [-0.25, -0.2) is 4.39 Å². The molecule has 0 saturated carbocycles. The molecular weight excluding hydrogens is 409 g/mol. The van der Waals surface area contributed by atoms with E-state index in [2.05, 4.69) is 26.0 Å². The Hall–Kier alpha value is -1.98. The maximum Gasteiger partial charge on any atom is 0.325 e. The Kier molecular flexibility index (Phi) is 6.59. The first-order valence-electron chi connectivity index (χ1n) is 9.57. The number of carbonyl (C=O) groups excluding carboxylic acids is 1. The average molecular weight is 434 g/mol. The van der Waals surface area contributed by atoms with Crippen LogP contribution in [0.1, 0.15) is 30.7 Å². The first kappa shape index (κ1) is 21.7. The average Bonchev–Trinajstić information content (AvgIpc) is 2.92. The summed E-state index contributed by atoms with van der Waals surface area (Å²) < 4.78 is 22.0. The first-order chi connectivity index (χ1) is 13.7. The van der Waals surface area contributed by atoms with Gasteiger partial charge in [0.05, 0.1) is 17.1 Å². The number of rotatable bonds is 6. The molecule has 0 saturated heterocycles. The lowest BCUT2D eigenvalue weighted by molar-refractivity contribution is -0.145. The van der Waals surface area contributed by atoms with Crippen LogP contribution in [-0.2, 0) is 16.1 Å². The van der Waals surface area contributed by atoms with Gasteiger partial charge >= 0.3 is 5.97 Å². The van der Waals surface area contributed by atoms with Crippen molar-refractivity contribution < 1.29 is 13.9 Å². The maximum absolute atomic E-state index is 15.0. The van der Waals surface area contributed by atoms with E-state index in [4.69, 9.17) is 16.3 Å². The van der Waals surface area contributed by atoms with Crippen molar-refractivity contribution in [2.75, 3.05) is 6.61 Å². The lowest BCUT2D eigenvalue weighted by atomic mass is 10.1. The molecule has 3 nitrogen and oxygen atoms in total. The number of benzene rings is 2. The van der Waals surface area contributed by atoms with Crippen LogP contribution >= 0.6 is 23.4 Å². The number of aryl methyl sites for hydroxylation is 1. The summed E-state index contributed by atoms with van der Waals surface area (Å²) >= 11 is 7.64. The third kappa shape index (κ3) is 4.46. The molecule has 0 atom stereocenters. The van der Waals surface area contributed by atoms with Gasteiger partial charge in [-0.1, -0.05) is 49.3 Å². The third-order valence-electron chi connectivity index (χ3n) is 4.95. The molecule has 0 spiro atoms. The molecule has 154 valence electrons. The van der Waals surface area contributed by atoms with Crippen molar-refractivity contribution in [3.05, 3.63) is 58.0 Å². The molecule has 2 aromatic carbocycles. The number of fused-ring (bicyclic) bond motifs is 1. The predicted octanol–water partition coefficient (Wildman–Crippen LogP) is 6.71. The maximum atomic E-state index is 15.0. The number of halogens is 2. The topological polar surface area (TPSA) is 31.2 Å². The second kappa shape index (κ2) is 8.80. The molecular formula is C23H25ClFNO2S. The van der Waals surface area contributed by atoms with Crippen molar-refractivity contribution in [1.29, 1.82) is 0 Å². The van der Waals surface area contributed by atoms with Crippen LogP contribution in [0.5, 0.6) is 0 Å². The Morgan fingerprint density at radius 2 is 1.93 bits per heavy atom. The van der Waals surface area contributed by atoms with Gasteiger partial charge in [0.25, 0.3) is 0 Å². The van der Waals surface area contributed by atoms with Crippen molar-refractivity contribution in [3.63, 3.8) is 0 Å². The molecule has 0 aliphatic rings. The molecule has 0 amide bonds. The van der Waals surface area contributed by atoms with Crippen LogP contribution in [0, 0.1) is 32.5 Å². The van der Waals surface area contributed by atoms with Crippen LogP contribution in [0.2, 0.25) is 5.02 Å². The van der Waals surface area contributed by atoms with Gasteiger partial charge in [0.1, 0.15) is 6.54 Å². The molecule has 0 fully saturated rings. The number of carbonyl (C=O) groups is 1. The van der Waals surface area contributed by atoms with Gasteiger partial charge in [-0.2, -0.15) is 0 Å². The van der Waals surface area contributed by atoms with E-state index in [0.29, 0.717) is 12.1 Å². The number of nitrogens with zero attached hydrogens (tertiary/aromatic N) is 1. The zero-order valence-corrected chi connectivity index (χ0v) is 18.9. The highest BCUT2D eigenvalue weighted by Gasteiger charge is 2.22. The summed E-state index contributed by atoms with van der Waals surface area (Å²) in [6.07, 6.45) is 0. The molecule has 3 rings (SSSR count). The summed E-state index contributed by atoms with van der Waals surface area (Å²) in [6, 6.07) is 9.52. The normalized spacial score (nSPS) is 11.4. The highest BCUT2D eigenvalue weighted by atomic mass is 35.5. The second-order valence-corrected chi connectivity index (χ2v) is 9.09. The summed E-state index contributed by atoms with van der Waals surface area (Å²) in [6.45, 7) is 10.3. The van der Waals surface area contributed by atoms with Crippen LogP contribution in [0.25, 0.3) is 10.9 Å². The van der Waals surface area contributed by atoms with Gasteiger partial charge in [0.2, 0.25) is 0 Å². The Bertz CT molecular complexity index is 1070. The third-order valence-corrected chi connectivity index (χ3v) is 6.62. The van der Waals surface area contributed by atoms with Crippen LogP contribution in [0.4, 0.5) is 4.39 Å². The van der Waals surface area contributed by atoms with Crippen molar-refractivity contribution in [1.82, 2.24) is 4.57 Å². The number of hydrogen-bond acceptors (Lipinski definition) is 3. The number of ether oxygens (including phenoxy) is 1. The molecule has 0 radical (unpaired) electrons. The van der Waals surface area contributed by atoms with Gasteiger partial charge < -0.3 is 9.30 Å². The Balaban J connectivity index is 2.09. The van der Waals surface area contributed by atoms with Gasteiger partial charge in [0.15, 0.2) is 5.82 Å². The Morgan fingerprint density at radius 3 is 2.62 bits per heavy atom. The van der Waals surface area contributed by atoms with Gasteiger partial charge in [-0.3, -0.25) is 4.79 Å². The zero-order chi connectivity index (χ0) is 21.3. The quantitative estimate of drug-likeness (QED) is 0.405. The minimum Gasteiger partial charge on any atom is -0.464 e. The van der Waals surface area contributed by atoms with E-state index >= 15 is 0 Å². The van der Waals surface area contributed by atoms with E-state index in [9.17, 15) is 9.18 Å². The first-order valence-corrected chi connectivity index (χ1v) is 10.8. The molecule has 6 heteroatoms. The van der Waals surface area contributed by atoms with E-state index < -0.39 is 5.82 Å². The molecule has 1 heterocycles. The van der Waals surface area contributed by atoms with E-state index in [1.807, 2.05) is 32.9 Å². The molecule has 0 bridgehead atoms. The van der Waals surface area contributed by atoms with Crippen LogP contribution in [0.15, 0.2) is 40.1 Å². The second-order valence-electron chi connectivity index (χ2n) is 7.64. The van der Waals surface area contributed by atoms with Crippen LogP contribution in [0.3, 0.4) is 0 Å². The minimum atomic E-state index is -0.517. The molecule has 0 N–H and O–H groups in total. The summed E-state index contributed by atoms with van der Waals surface area (Å²) in [5.41, 5.74) is 3.53. The van der Waals surface area contributed by atoms with E-state index in [1.54, 1.807) is 22.4 Å². The largest absolute Gasteiger partial charge is 0.464 e. The van der Waals surface area contributed by atoms with Gasteiger partial charge in [-0.15, -0.1) is 0 Å². The molecule has 0 unspecified atom stereocenters. The van der Waals surface area contributed by atoms with Gasteiger partial charge in [-0.05, 0) is 56.0 Å². The molecule has 0 aliphatic carbocycles. The fraction of sp³-hybridized carbons (Fsp3) is 0.348. The molecule has 29 heavy (non-hydrogen) atoms. The summed E-state index contributed by atoms with van der Waals surface area (Å²) in [5.74, 6) is -0.666. The molecule has 0 aliphatic heterocycles. The van der Waals surface area contributed by atoms with Crippen molar-refractivity contribution in [3.8, 4) is 0 Å². The number of hydrogen-bond donors (Lipinski definition) is 0. The Labute approximate surface area is 180 Å². The lowest BCUT2D eigenvalue weighted by Crippen LogP contribution is -2.17. The summed E-state index contributed by atoms with van der Waals surface area (Å²) in [7, 11) is 0. The van der Waals surface area contributed by atoms with Gasteiger partial charge in [0, 0.05) is 20.9 Å². The highest BCUT2D eigenvalue weighted by Crippen LogP contribution is 2.41. The SMILES string of the molecule is Cc1cccc(Sc2c(C)n(CC(=O)OCC(C)C)c3c(F)c(Cl)ccc23)c1C. The van der Waals surface area contributed by atoms with E-state index in [-0.39, 0.29) is 23.5 Å². The fourth-order valence-electron chi connectivity index (χ4n) is 3.18. The summed E-state index contributed by atoms with van der Waals surface area (Å²) in [5, 5.41) is 0.780. The van der Waals surface area contributed by atoms with Crippen molar-refractivity contribution >= 4 is 40.2 Å². The smallest absolute Gasteiger partial charge is 0.325 e. The van der Waals surface area contributed by atoms with E-state index in [0.717, 1.165) is 20.9 Å². The number of aromatic nitrogens is 1. The summed E-state index contributed by atoms with van der Waals surface area (Å²) in [4.78, 5) is 14.4. The van der Waals surface area contributed by atoms with Crippen LogP contribution in [-0.4, -0.2) is 17.1 Å². The van der Waals surface area contributed by atoms with Crippen molar-refractivity contribution in [2.45, 2.75) is 51.0 Å². The Morgan fingerprint density at radius 1 is 1.21 bits per heavy atom. The standard InChI is InChI=1S/C23H25ClFNO2S/c1-13(2)12-28-20(27)11-26-16(5)23(17-9-10-18(24)21(25)22(17)26)29-19-8-6-7-14(3)15(19)4/h6-10,13H,11-12H2,1-5H3. The molecule has 1 aromatic heterocycles. The van der Waals surface area contributed by atoms with Crippen molar-refractivity contribution in [2.24, 2.45) is 5.92 Å². The fourth-order valence-corrected chi connectivity index (χ4v) is 4.54. The lowest BCUT2D eigenvalue weighted by Gasteiger charge is -2.11. The zero-order valence-electron chi connectivity index (χ0n) is 17.3. The minimum absolute atomic E-state index is 0.0371. The molecule has 3 aromatic rings. The number of esters is 1.